The second-order valence-corrected chi connectivity index (χ2v) is 8.50. The molecule has 0 spiro atoms. The van der Waals surface area contributed by atoms with Gasteiger partial charge in [0.1, 0.15) is 18.7 Å². The van der Waals surface area contributed by atoms with Crippen molar-refractivity contribution in [2.24, 2.45) is 0 Å². The van der Waals surface area contributed by atoms with Gasteiger partial charge in [-0.1, -0.05) is 48.5 Å². The Morgan fingerprint density at radius 1 is 1.10 bits per heavy atom. The number of rotatable bonds is 7. The maximum Gasteiger partial charge on any atom is 0.251 e. The summed E-state index contributed by atoms with van der Waals surface area (Å²) in [5.41, 5.74) is 1.66. The summed E-state index contributed by atoms with van der Waals surface area (Å²) in [5, 5.41) is 2.89. The molecule has 2 heterocycles. The molecule has 1 N–H and O–H groups in total. The molecule has 2 aromatic rings. The van der Waals surface area contributed by atoms with Crippen LogP contribution in [0.1, 0.15) is 22.3 Å². The molecule has 156 valence electrons. The molecule has 3 unspecified atom stereocenters. The monoisotopic (exact) mass is 424 g/mol. The van der Waals surface area contributed by atoms with Crippen molar-refractivity contribution < 1.29 is 19.1 Å². The molecular formula is C23H24N2O4S. The number of fused-ring (bicyclic) bond motifs is 1. The molecule has 0 bridgehead atoms. The quantitative estimate of drug-likeness (QED) is 0.738. The lowest BCUT2D eigenvalue weighted by molar-refractivity contribution is -0.137. The van der Waals surface area contributed by atoms with E-state index >= 15 is 0 Å². The van der Waals surface area contributed by atoms with Crippen LogP contribution in [0.15, 0.2) is 60.7 Å². The fraction of sp³-hybridized carbons (Fsp3) is 0.348. The van der Waals surface area contributed by atoms with E-state index in [1.807, 2.05) is 36.4 Å². The van der Waals surface area contributed by atoms with E-state index in [0.717, 1.165) is 11.3 Å². The number of amides is 2. The summed E-state index contributed by atoms with van der Waals surface area (Å²) in [7, 11) is 0. The third-order valence-electron chi connectivity index (χ3n) is 5.43. The van der Waals surface area contributed by atoms with E-state index in [0.29, 0.717) is 24.3 Å². The van der Waals surface area contributed by atoms with Crippen LogP contribution in [-0.4, -0.2) is 59.6 Å². The van der Waals surface area contributed by atoms with Crippen molar-refractivity contribution in [3.8, 4) is 0 Å². The van der Waals surface area contributed by atoms with Gasteiger partial charge >= 0.3 is 0 Å². The number of Topliss-reactive ketones (excluding diaryl/α,β-unsaturated/α-hetero) is 1. The second-order valence-electron chi connectivity index (χ2n) is 7.47. The standard InChI is InChI=1S/C23H24N2O4S/c26-19-13-29-20-11-12-25(21(19)20)23(28)18(15-30-14-16-7-3-1-4-8-16)24-22(27)17-9-5-2-6-10-17/h1-10,18,20-21H,11-15H2,(H,24,27). The minimum Gasteiger partial charge on any atom is -0.368 e. The minimum absolute atomic E-state index is 0.0584. The number of hydrogen-bond acceptors (Lipinski definition) is 5. The Bertz CT molecular complexity index is 906. The van der Waals surface area contributed by atoms with Crippen LogP contribution in [0.25, 0.3) is 0 Å². The van der Waals surface area contributed by atoms with Crippen molar-refractivity contribution in [3.63, 3.8) is 0 Å². The number of likely N-dealkylation sites (tertiary alicyclic amines) is 1. The number of nitrogens with zero attached hydrogens (tertiary/aromatic N) is 1. The smallest absolute Gasteiger partial charge is 0.251 e. The Morgan fingerprint density at radius 3 is 2.53 bits per heavy atom. The normalized spacial score (nSPS) is 21.3. The maximum atomic E-state index is 13.3. The van der Waals surface area contributed by atoms with Gasteiger partial charge < -0.3 is 15.0 Å². The van der Waals surface area contributed by atoms with Crippen LogP contribution < -0.4 is 5.32 Å². The van der Waals surface area contributed by atoms with Crippen molar-refractivity contribution in [1.82, 2.24) is 10.2 Å². The highest BCUT2D eigenvalue weighted by atomic mass is 32.2. The third-order valence-corrected chi connectivity index (χ3v) is 6.54. The Morgan fingerprint density at radius 2 is 1.80 bits per heavy atom. The van der Waals surface area contributed by atoms with E-state index in [4.69, 9.17) is 4.74 Å². The highest BCUT2D eigenvalue weighted by Crippen LogP contribution is 2.28. The molecule has 0 radical (unpaired) electrons. The molecule has 4 rings (SSSR count). The lowest BCUT2D eigenvalue weighted by atomic mass is 10.1. The van der Waals surface area contributed by atoms with E-state index in [1.54, 1.807) is 40.9 Å². The van der Waals surface area contributed by atoms with Crippen LogP contribution in [0.2, 0.25) is 0 Å². The molecule has 2 saturated heterocycles. The number of ketones is 1. The number of ether oxygens (including phenoxy) is 1. The first-order valence-electron chi connectivity index (χ1n) is 10.1. The van der Waals surface area contributed by atoms with E-state index in [9.17, 15) is 14.4 Å². The minimum atomic E-state index is -0.710. The SMILES string of the molecule is O=C(NC(CSCc1ccccc1)C(=O)N1CCC2OCC(=O)C21)c1ccccc1. The summed E-state index contributed by atoms with van der Waals surface area (Å²) in [5.74, 6) is 0.593. The van der Waals surface area contributed by atoms with Crippen molar-refractivity contribution in [2.75, 3.05) is 18.9 Å². The summed E-state index contributed by atoms with van der Waals surface area (Å²) in [4.78, 5) is 39.9. The Labute approximate surface area is 180 Å². The lowest BCUT2D eigenvalue weighted by Crippen LogP contribution is -2.53. The van der Waals surface area contributed by atoms with Crippen LogP contribution in [-0.2, 0) is 20.1 Å². The van der Waals surface area contributed by atoms with Gasteiger partial charge in [-0.25, -0.2) is 0 Å². The molecule has 0 aromatic heterocycles. The summed E-state index contributed by atoms with van der Waals surface area (Å²) in [6.07, 6.45) is 0.433. The van der Waals surface area contributed by atoms with E-state index in [1.165, 1.54) is 0 Å². The molecule has 2 aliphatic rings. The average molecular weight is 425 g/mol. The predicted molar refractivity (Wildman–Crippen MR) is 115 cm³/mol. The van der Waals surface area contributed by atoms with E-state index < -0.39 is 12.1 Å². The van der Waals surface area contributed by atoms with Gasteiger partial charge in [-0.15, -0.1) is 0 Å². The molecule has 0 aliphatic carbocycles. The van der Waals surface area contributed by atoms with E-state index in [2.05, 4.69) is 5.32 Å². The fourth-order valence-electron chi connectivity index (χ4n) is 3.92. The molecule has 3 atom stereocenters. The number of carbonyl (C=O) groups is 3. The predicted octanol–water partition coefficient (Wildman–Crippen LogP) is 2.29. The number of thioether (sulfide) groups is 1. The molecule has 2 amide bonds. The largest absolute Gasteiger partial charge is 0.368 e. The zero-order valence-electron chi connectivity index (χ0n) is 16.5. The van der Waals surface area contributed by atoms with Gasteiger partial charge in [0.15, 0.2) is 5.78 Å². The van der Waals surface area contributed by atoms with Crippen LogP contribution in [0, 0.1) is 0 Å². The van der Waals surface area contributed by atoms with Crippen LogP contribution >= 0.6 is 11.8 Å². The van der Waals surface area contributed by atoms with Gasteiger partial charge in [-0.2, -0.15) is 11.8 Å². The van der Waals surface area contributed by atoms with Crippen LogP contribution in [0.3, 0.4) is 0 Å². The summed E-state index contributed by atoms with van der Waals surface area (Å²) >= 11 is 1.59. The Hall–Kier alpha value is -2.64. The van der Waals surface area contributed by atoms with Gasteiger partial charge in [-0.05, 0) is 24.1 Å². The van der Waals surface area contributed by atoms with Crippen molar-refractivity contribution in [2.45, 2.75) is 30.4 Å². The van der Waals surface area contributed by atoms with Gasteiger partial charge in [-0.3, -0.25) is 14.4 Å². The Kier molecular flexibility index (Phi) is 6.50. The topological polar surface area (TPSA) is 75.7 Å². The van der Waals surface area contributed by atoms with Crippen molar-refractivity contribution in [3.05, 3.63) is 71.8 Å². The lowest BCUT2D eigenvalue weighted by Gasteiger charge is -2.27. The maximum absolute atomic E-state index is 13.3. The first-order valence-corrected chi connectivity index (χ1v) is 11.2. The average Bonchev–Trinajstić information content (AvgIpc) is 3.37. The summed E-state index contributed by atoms with van der Waals surface area (Å²) in [6.45, 7) is 0.532. The van der Waals surface area contributed by atoms with Crippen LogP contribution in [0.5, 0.6) is 0 Å². The zero-order valence-corrected chi connectivity index (χ0v) is 17.3. The molecule has 30 heavy (non-hydrogen) atoms. The molecule has 0 saturated carbocycles. The highest BCUT2D eigenvalue weighted by Gasteiger charge is 2.48. The molecular weight excluding hydrogens is 400 g/mol. The highest BCUT2D eigenvalue weighted by molar-refractivity contribution is 7.98. The summed E-state index contributed by atoms with van der Waals surface area (Å²) in [6, 6.07) is 17.6. The van der Waals surface area contributed by atoms with E-state index in [-0.39, 0.29) is 30.3 Å². The third kappa shape index (κ3) is 4.57. The van der Waals surface area contributed by atoms with Crippen LogP contribution in [0.4, 0.5) is 0 Å². The number of benzene rings is 2. The van der Waals surface area contributed by atoms with Gasteiger partial charge in [0.25, 0.3) is 5.91 Å². The fourth-order valence-corrected chi connectivity index (χ4v) is 4.92. The zero-order chi connectivity index (χ0) is 20.9. The molecule has 6 nitrogen and oxygen atoms in total. The van der Waals surface area contributed by atoms with Crippen molar-refractivity contribution in [1.29, 1.82) is 0 Å². The first-order chi connectivity index (χ1) is 14.6. The molecule has 2 aliphatic heterocycles. The summed E-state index contributed by atoms with van der Waals surface area (Å²) < 4.78 is 5.50. The molecule has 2 aromatic carbocycles. The first kappa shape index (κ1) is 20.6. The number of carbonyl (C=O) groups excluding carboxylic acids is 3. The number of nitrogens with one attached hydrogen (secondary N) is 1. The number of hydrogen-bond donors (Lipinski definition) is 1. The van der Waals surface area contributed by atoms with Gasteiger partial charge in [0, 0.05) is 23.6 Å². The Balaban J connectivity index is 1.46. The molecule has 2 fully saturated rings. The molecule has 7 heteroatoms. The van der Waals surface area contributed by atoms with Gasteiger partial charge in [0.05, 0.1) is 6.10 Å². The van der Waals surface area contributed by atoms with Gasteiger partial charge in [0.2, 0.25) is 5.91 Å². The van der Waals surface area contributed by atoms with Crippen molar-refractivity contribution >= 4 is 29.4 Å². The second kappa shape index (κ2) is 9.45.